The van der Waals surface area contributed by atoms with Crippen LogP contribution in [0.4, 0.5) is 11.5 Å². The Morgan fingerprint density at radius 2 is 2.33 bits per heavy atom. The van der Waals surface area contributed by atoms with E-state index < -0.39 is 5.91 Å². The quantitative estimate of drug-likeness (QED) is 0.696. The van der Waals surface area contributed by atoms with E-state index in [1.807, 2.05) is 0 Å². The van der Waals surface area contributed by atoms with Gasteiger partial charge in [-0.05, 0) is 13.0 Å². The molecule has 0 aromatic carbocycles. The summed E-state index contributed by atoms with van der Waals surface area (Å²) in [5.74, 6) is 0.821. The van der Waals surface area contributed by atoms with Crippen molar-refractivity contribution in [1.29, 1.82) is 0 Å². The summed E-state index contributed by atoms with van der Waals surface area (Å²) in [6, 6.07) is 1.47. The number of carbonyl (C=O) groups is 1. The molecule has 2 aromatic heterocycles. The van der Waals surface area contributed by atoms with Crippen LogP contribution >= 0.6 is 0 Å². The Bertz CT molecular complexity index is 579. The summed E-state index contributed by atoms with van der Waals surface area (Å²) in [7, 11) is 0. The zero-order valence-electron chi connectivity index (χ0n) is 9.67. The molecule has 8 heteroatoms. The minimum atomic E-state index is -0.605. The summed E-state index contributed by atoms with van der Waals surface area (Å²) in [5.41, 5.74) is 11.2. The molecular formula is C10H12N6O2. The first-order valence-corrected chi connectivity index (χ1v) is 5.14. The average molecular weight is 248 g/mol. The summed E-state index contributed by atoms with van der Waals surface area (Å²) >= 11 is 0. The largest absolute Gasteiger partial charge is 0.397 e. The molecule has 0 saturated heterocycles. The van der Waals surface area contributed by atoms with Crippen molar-refractivity contribution in [2.75, 3.05) is 11.1 Å². The van der Waals surface area contributed by atoms with Crippen molar-refractivity contribution in [2.24, 2.45) is 5.73 Å². The van der Waals surface area contributed by atoms with Gasteiger partial charge in [0, 0.05) is 0 Å². The highest BCUT2D eigenvalue weighted by Crippen LogP contribution is 2.14. The molecule has 0 radical (unpaired) electrons. The number of amides is 1. The topological polar surface area (TPSA) is 133 Å². The van der Waals surface area contributed by atoms with Crippen molar-refractivity contribution < 1.29 is 9.32 Å². The third-order valence-electron chi connectivity index (χ3n) is 2.19. The van der Waals surface area contributed by atoms with E-state index in [2.05, 4.69) is 20.4 Å². The van der Waals surface area contributed by atoms with E-state index >= 15 is 0 Å². The van der Waals surface area contributed by atoms with Gasteiger partial charge in [-0.1, -0.05) is 5.16 Å². The number of pyridine rings is 1. The van der Waals surface area contributed by atoms with Crippen LogP contribution in [0.2, 0.25) is 0 Å². The molecule has 0 unspecified atom stereocenters. The van der Waals surface area contributed by atoms with Crippen LogP contribution < -0.4 is 16.8 Å². The number of nitrogens with two attached hydrogens (primary N) is 2. The molecule has 0 aliphatic rings. The minimum absolute atomic E-state index is 0.217. The van der Waals surface area contributed by atoms with Gasteiger partial charge in [0.25, 0.3) is 5.91 Å². The lowest BCUT2D eigenvalue weighted by molar-refractivity contribution is 0.100. The fourth-order valence-electron chi connectivity index (χ4n) is 1.35. The number of rotatable bonds is 4. The fourth-order valence-corrected chi connectivity index (χ4v) is 1.35. The van der Waals surface area contributed by atoms with Crippen molar-refractivity contribution in [3.8, 4) is 0 Å². The lowest BCUT2D eigenvalue weighted by atomic mass is 10.2. The van der Waals surface area contributed by atoms with Crippen molar-refractivity contribution in [3.05, 3.63) is 29.5 Å². The lowest BCUT2D eigenvalue weighted by Gasteiger charge is -2.05. The van der Waals surface area contributed by atoms with Crippen LogP contribution in [0.15, 0.2) is 16.8 Å². The monoisotopic (exact) mass is 248 g/mol. The normalized spacial score (nSPS) is 10.3. The molecule has 0 atom stereocenters. The average Bonchev–Trinajstić information content (AvgIpc) is 2.74. The smallest absolute Gasteiger partial charge is 0.250 e. The number of primary amides is 1. The van der Waals surface area contributed by atoms with Gasteiger partial charge < -0.3 is 21.3 Å². The molecule has 18 heavy (non-hydrogen) atoms. The number of carbonyl (C=O) groups excluding carboxylic acids is 1. The third kappa shape index (κ3) is 2.54. The molecule has 5 N–H and O–H groups in total. The summed E-state index contributed by atoms with van der Waals surface area (Å²) in [4.78, 5) is 19.1. The number of anilines is 2. The van der Waals surface area contributed by atoms with Crippen LogP contribution in [-0.2, 0) is 6.54 Å². The number of aromatic nitrogens is 3. The lowest BCUT2D eigenvalue weighted by Crippen LogP contribution is -2.14. The Morgan fingerprint density at radius 3 is 2.94 bits per heavy atom. The number of aryl methyl sites for hydroxylation is 1. The number of nitrogens with zero attached hydrogens (tertiary/aromatic N) is 3. The van der Waals surface area contributed by atoms with Gasteiger partial charge in [0.1, 0.15) is 5.82 Å². The van der Waals surface area contributed by atoms with E-state index in [0.717, 1.165) is 0 Å². The maximum Gasteiger partial charge on any atom is 0.250 e. The van der Waals surface area contributed by atoms with E-state index in [1.165, 1.54) is 12.3 Å². The van der Waals surface area contributed by atoms with E-state index in [0.29, 0.717) is 24.1 Å². The van der Waals surface area contributed by atoms with Gasteiger partial charge in [-0.25, -0.2) is 4.98 Å². The molecule has 2 aromatic rings. The Balaban J connectivity index is 2.10. The van der Waals surface area contributed by atoms with Crippen molar-refractivity contribution in [2.45, 2.75) is 13.5 Å². The molecule has 0 fully saturated rings. The summed E-state index contributed by atoms with van der Waals surface area (Å²) in [5, 5.41) is 6.57. The second-order valence-electron chi connectivity index (χ2n) is 3.61. The molecular weight excluding hydrogens is 236 g/mol. The summed E-state index contributed by atoms with van der Waals surface area (Å²) in [6.07, 6.45) is 1.36. The zero-order chi connectivity index (χ0) is 13.1. The van der Waals surface area contributed by atoms with Gasteiger partial charge in [-0.2, -0.15) is 4.98 Å². The molecule has 0 aliphatic carbocycles. The highest BCUT2D eigenvalue weighted by Gasteiger charge is 2.08. The van der Waals surface area contributed by atoms with Crippen LogP contribution in [0.25, 0.3) is 0 Å². The Morgan fingerprint density at radius 1 is 1.56 bits per heavy atom. The van der Waals surface area contributed by atoms with Crippen LogP contribution in [0.1, 0.15) is 22.1 Å². The Kier molecular flexibility index (Phi) is 3.09. The van der Waals surface area contributed by atoms with E-state index in [4.69, 9.17) is 16.0 Å². The van der Waals surface area contributed by atoms with E-state index in [-0.39, 0.29) is 11.3 Å². The number of hydrogen-bond acceptors (Lipinski definition) is 7. The molecule has 1 amide bonds. The van der Waals surface area contributed by atoms with Gasteiger partial charge in [0.15, 0.2) is 5.82 Å². The number of nitrogens with one attached hydrogen (secondary N) is 1. The third-order valence-corrected chi connectivity index (χ3v) is 2.19. The Hall–Kier alpha value is -2.64. The van der Waals surface area contributed by atoms with Crippen LogP contribution in [-0.4, -0.2) is 21.0 Å². The molecule has 2 heterocycles. The SMILES string of the molecule is Cc1noc(CNc2cc(C(N)=O)c(N)cn2)n1. The maximum absolute atomic E-state index is 11.1. The molecule has 0 bridgehead atoms. The summed E-state index contributed by atoms with van der Waals surface area (Å²) in [6.45, 7) is 2.02. The van der Waals surface area contributed by atoms with Crippen LogP contribution in [0.3, 0.4) is 0 Å². The van der Waals surface area contributed by atoms with Gasteiger partial charge in [0.2, 0.25) is 5.89 Å². The van der Waals surface area contributed by atoms with Crippen LogP contribution in [0, 0.1) is 6.92 Å². The molecule has 0 spiro atoms. The second kappa shape index (κ2) is 4.70. The molecule has 0 aliphatic heterocycles. The minimum Gasteiger partial charge on any atom is -0.397 e. The zero-order valence-corrected chi connectivity index (χ0v) is 9.67. The Labute approximate surface area is 102 Å². The van der Waals surface area contributed by atoms with E-state index in [1.54, 1.807) is 6.92 Å². The molecule has 8 nitrogen and oxygen atoms in total. The molecule has 94 valence electrons. The predicted octanol–water partition coefficient (Wildman–Crippen LogP) is 0.0662. The van der Waals surface area contributed by atoms with Gasteiger partial charge in [0.05, 0.1) is 24.0 Å². The van der Waals surface area contributed by atoms with Crippen LogP contribution in [0.5, 0.6) is 0 Å². The first-order valence-electron chi connectivity index (χ1n) is 5.14. The highest BCUT2D eigenvalue weighted by atomic mass is 16.5. The standard InChI is InChI=1S/C10H12N6O2/c1-5-15-9(18-16-5)4-14-8-2-6(10(12)17)7(11)3-13-8/h2-3H,4,11H2,1H3,(H2,12,17)(H,13,14). The highest BCUT2D eigenvalue weighted by molar-refractivity contribution is 5.98. The first-order chi connectivity index (χ1) is 8.56. The molecule has 0 saturated carbocycles. The fraction of sp³-hybridized carbons (Fsp3) is 0.200. The van der Waals surface area contributed by atoms with Gasteiger partial charge in [-0.15, -0.1) is 0 Å². The number of hydrogen-bond donors (Lipinski definition) is 3. The van der Waals surface area contributed by atoms with Gasteiger partial charge >= 0.3 is 0 Å². The maximum atomic E-state index is 11.1. The molecule has 2 rings (SSSR count). The first kappa shape index (κ1) is 11.8. The number of nitrogen functional groups attached to an aromatic ring is 1. The van der Waals surface area contributed by atoms with Crippen molar-refractivity contribution >= 4 is 17.4 Å². The van der Waals surface area contributed by atoms with Crippen molar-refractivity contribution in [3.63, 3.8) is 0 Å². The van der Waals surface area contributed by atoms with E-state index in [9.17, 15) is 4.79 Å². The second-order valence-corrected chi connectivity index (χ2v) is 3.61. The van der Waals surface area contributed by atoms with Gasteiger partial charge in [-0.3, -0.25) is 4.79 Å². The predicted molar refractivity (Wildman–Crippen MR) is 63.5 cm³/mol. The summed E-state index contributed by atoms with van der Waals surface area (Å²) < 4.78 is 4.92. The van der Waals surface area contributed by atoms with Crippen molar-refractivity contribution in [1.82, 2.24) is 15.1 Å².